The average Bonchev–Trinajstić information content (AvgIpc) is 2.46. The van der Waals surface area contributed by atoms with E-state index in [9.17, 15) is 9.50 Å². The molecule has 0 amide bonds. The molecule has 0 aliphatic heterocycles. The molecule has 2 nitrogen and oxygen atoms in total. The van der Waals surface area contributed by atoms with Crippen LogP contribution in [-0.2, 0) is 0 Å². The first kappa shape index (κ1) is 11.8. The first-order valence-corrected chi connectivity index (χ1v) is 6.03. The van der Waals surface area contributed by atoms with E-state index in [1.165, 1.54) is 12.1 Å². The van der Waals surface area contributed by atoms with Crippen LogP contribution in [0, 0.1) is 5.82 Å². The van der Waals surface area contributed by atoms with Crippen molar-refractivity contribution in [1.29, 1.82) is 0 Å². The maximum absolute atomic E-state index is 13.2. The average molecular weight is 253 g/mol. The zero-order chi connectivity index (χ0) is 13.2. The third-order valence-electron chi connectivity index (χ3n) is 3.06. The number of rotatable bonds is 2. The molecule has 3 rings (SSSR count). The summed E-state index contributed by atoms with van der Waals surface area (Å²) >= 11 is 0. The molecule has 1 heterocycles. The summed E-state index contributed by atoms with van der Waals surface area (Å²) < 4.78 is 13.2. The fraction of sp³-hybridized carbons (Fsp3) is 0.0625. The number of aromatic nitrogens is 1. The second-order valence-corrected chi connectivity index (χ2v) is 4.39. The van der Waals surface area contributed by atoms with Crippen molar-refractivity contribution in [3.63, 3.8) is 0 Å². The number of hydrogen-bond donors (Lipinski definition) is 1. The smallest absolute Gasteiger partial charge is 0.123 e. The van der Waals surface area contributed by atoms with Gasteiger partial charge in [0.05, 0.1) is 11.2 Å². The fourth-order valence-electron chi connectivity index (χ4n) is 2.08. The molecular formula is C16H12FNO. The second kappa shape index (κ2) is 4.78. The van der Waals surface area contributed by atoms with E-state index in [0.717, 1.165) is 10.9 Å². The molecule has 1 aromatic heterocycles. The highest BCUT2D eigenvalue weighted by Gasteiger charge is 2.12. The Hall–Kier alpha value is -2.26. The van der Waals surface area contributed by atoms with E-state index in [2.05, 4.69) is 4.98 Å². The van der Waals surface area contributed by atoms with Crippen LogP contribution in [0.4, 0.5) is 4.39 Å². The number of pyridine rings is 1. The number of benzene rings is 2. The molecule has 1 atom stereocenters. The molecule has 0 saturated carbocycles. The molecule has 0 spiro atoms. The minimum absolute atomic E-state index is 0.364. The molecule has 1 N–H and O–H groups in total. The van der Waals surface area contributed by atoms with Crippen molar-refractivity contribution in [3.8, 4) is 0 Å². The molecule has 0 unspecified atom stereocenters. The highest BCUT2D eigenvalue weighted by molar-refractivity contribution is 5.78. The van der Waals surface area contributed by atoms with E-state index in [-0.39, 0.29) is 5.82 Å². The van der Waals surface area contributed by atoms with Gasteiger partial charge in [-0.3, -0.25) is 0 Å². The normalized spacial score (nSPS) is 12.5. The Morgan fingerprint density at radius 2 is 1.79 bits per heavy atom. The first-order chi connectivity index (χ1) is 9.24. The van der Waals surface area contributed by atoms with E-state index in [1.54, 1.807) is 18.2 Å². The van der Waals surface area contributed by atoms with Crippen molar-refractivity contribution in [2.75, 3.05) is 0 Å². The molecule has 2 aromatic carbocycles. The van der Waals surface area contributed by atoms with Gasteiger partial charge in [-0.05, 0) is 29.8 Å². The van der Waals surface area contributed by atoms with Gasteiger partial charge in [-0.15, -0.1) is 0 Å². The summed E-state index contributed by atoms with van der Waals surface area (Å²) in [7, 11) is 0. The fourth-order valence-corrected chi connectivity index (χ4v) is 2.08. The predicted octanol–water partition coefficient (Wildman–Crippen LogP) is 3.46. The largest absolute Gasteiger partial charge is 0.382 e. The van der Waals surface area contributed by atoms with Crippen molar-refractivity contribution in [2.45, 2.75) is 6.10 Å². The van der Waals surface area contributed by atoms with Crippen LogP contribution in [-0.4, -0.2) is 10.1 Å². The molecular weight excluding hydrogens is 241 g/mol. The van der Waals surface area contributed by atoms with E-state index in [1.807, 2.05) is 30.3 Å². The summed E-state index contributed by atoms with van der Waals surface area (Å²) in [5.41, 5.74) is 1.84. The number of aliphatic hydroxyl groups excluding tert-OH is 1. The molecule has 19 heavy (non-hydrogen) atoms. The summed E-state index contributed by atoms with van der Waals surface area (Å²) in [5, 5.41) is 11.3. The van der Waals surface area contributed by atoms with Crippen LogP contribution in [0.1, 0.15) is 17.4 Å². The van der Waals surface area contributed by atoms with Gasteiger partial charge in [-0.2, -0.15) is 0 Å². The molecule has 0 aliphatic carbocycles. The van der Waals surface area contributed by atoms with Crippen LogP contribution < -0.4 is 0 Å². The zero-order valence-corrected chi connectivity index (χ0v) is 10.1. The van der Waals surface area contributed by atoms with Gasteiger partial charge >= 0.3 is 0 Å². The number of halogens is 1. The van der Waals surface area contributed by atoms with Gasteiger partial charge in [0.2, 0.25) is 0 Å². The highest BCUT2D eigenvalue weighted by atomic mass is 19.1. The van der Waals surface area contributed by atoms with Crippen molar-refractivity contribution in [3.05, 3.63) is 77.7 Å². The molecule has 0 saturated heterocycles. The summed E-state index contributed by atoms with van der Waals surface area (Å²) in [6.07, 6.45) is -0.916. The van der Waals surface area contributed by atoms with Gasteiger partial charge in [-0.25, -0.2) is 9.37 Å². The molecule has 3 heteroatoms. The quantitative estimate of drug-likeness (QED) is 0.758. The lowest BCUT2D eigenvalue weighted by Gasteiger charge is -2.11. The topological polar surface area (TPSA) is 33.1 Å². The Kier molecular flexibility index (Phi) is 2.97. The summed E-state index contributed by atoms with van der Waals surface area (Å²) in [6, 6.07) is 17.3. The number of para-hydroxylation sites is 1. The van der Waals surface area contributed by atoms with Crippen LogP contribution >= 0.6 is 0 Å². The minimum Gasteiger partial charge on any atom is -0.382 e. The Bertz CT molecular complexity index is 727. The van der Waals surface area contributed by atoms with Gasteiger partial charge in [-0.1, -0.05) is 36.4 Å². The monoisotopic (exact) mass is 253 g/mol. The maximum Gasteiger partial charge on any atom is 0.123 e. The second-order valence-electron chi connectivity index (χ2n) is 4.39. The molecule has 3 aromatic rings. The van der Waals surface area contributed by atoms with Crippen molar-refractivity contribution in [2.24, 2.45) is 0 Å². The van der Waals surface area contributed by atoms with Gasteiger partial charge in [0.1, 0.15) is 11.9 Å². The minimum atomic E-state index is -0.916. The number of hydrogen-bond acceptors (Lipinski definition) is 2. The Labute approximate surface area is 110 Å². The van der Waals surface area contributed by atoms with Crippen molar-refractivity contribution < 1.29 is 9.50 Å². The molecule has 94 valence electrons. The standard InChI is InChI=1S/C16H12FNO/c17-13-6-3-5-12(10-13)16(19)15-9-8-11-4-1-2-7-14(11)18-15/h1-10,16,19H/t16-/m1/s1. The van der Waals surface area contributed by atoms with E-state index >= 15 is 0 Å². The Morgan fingerprint density at radius 1 is 0.947 bits per heavy atom. The zero-order valence-electron chi connectivity index (χ0n) is 10.1. The maximum atomic E-state index is 13.2. The van der Waals surface area contributed by atoms with Crippen LogP contribution in [0.2, 0.25) is 0 Å². The van der Waals surface area contributed by atoms with Gasteiger partial charge in [0, 0.05) is 5.39 Å². The van der Waals surface area contributed by atoms with Gasteiger partial charge < -0.3 is 5.11 Å². The summed E-state index contributed by atoms with van der Waals surface area (Å²) in [6.45, 7) is 0. The third kappa shape index (κ3) is 2.33. The lowest BCUT2D eigenvalue weighted by molar-refractivity contribution is 0.215. The summed E-state index contributed by atoms with van der Waals surface area (Å²) in [4.78, 5) is 4.41. The third-order valence-corrected chi connectivity index (χ3v) is 3.06. The van der Waals surface area contributed by atoms with E-state index in [0.29, 0.717) is 11.3 Å². The Balaban J connectivity index is 2.04. The molecule has 0 aliphatic rings. The number of aliphatic hydroxyl groups is 1. The first-order valence-electron chi connectivity index (χ1n) is 6.03. The van der Waals surface area contributed by atoms with Crippen molar-refractivity contribution in [1.82, 2.24) is 4.98 Å². The van der Waals surface area contributed by atoms with Gasteiger partial charge in [0.25, 0.3) is 0 Å². The van der Waals surface area contributed by atoms with Crippen LogP contribution in [0.15, 0.2) is 60.7 Å². The molecule has 0 fully saturated rings. The number of fused-ring (bicyclic) bond motifs is 1. The molecule has 0 bridgehead atoms. The Morgan fingerprint density at radius 3 is 2.63 bits per heavy atom. The molecule has 0 radical (unpaired) electrons. The van der Waals surface area contributed by atoms with Crippen LogP contribution in [0.5, 0.6) is 0 Å². The van der Waals surface area contributed by atoms with Crippen molar-refractivity contribution >= 4 is 10.9 Å². The van der Waals surface area contributed by atoms with Gasteiger partial charge in [0.15, 0.2) is 0 Å². The van der Waals surface area contributed by atoms with Crippen LogP contribution in [0.25, 0.3) is 10.9 Å². The predicted molar refractivity (Wildman–Crippen MR) is 72.2 cm³/mol. The highest BCUT2D eigenvalue weighted by Crippen LogP contribution is 2.23. The van der Waals surface area contributed by atoms with Crippen LogP contribution in [0.3, 0.4) is 0 Å². The summed E-state index contributed by atoms with van der Waals surface area (Å²) in [5.74, 6) is -0.364. The lowest BCUT2D eigenvalue weighted by atomic mass is 10.0. The van der Waals surface area contributed by atoms with E-state index in [4.69, 9.17) is 0 Å². The SMILES string of the molecule is O[C@H](c1cccc(F)c1)c1ccc2ccccc2n1. The number of nitrogens with zero attached hydrogens (tertiary/aromatic N) is 1. The van der Waals surface area contributed by atoms with E-state index < -0.39 is 6.10 Å². The lowest BCUT2D eigenvalue weighted by Crippen LogP contribution is -2.02.